The number of nitrogens with one attached hydrogen (secondary N) is 1. The van der Waals surface area contributed by atoms with Crippen LogP contribution in [0.3, 0.4) is 0 Å². The first-order valence-corrected chi connectivity index (χ1v) is 9.85. The average molecular weight is 374 g/mol. The van der Waals surface area contributed by atoms with E-state index in [4.69, 9.17) is 10.3 Å². The second kappa shape index (κ2) is 5.53. The zero-order valence-corrected chi connectivity index (χ0v) is 14.4. The molecular formula is C14H22N4O6S. The molecule has 3 amide bonds. The molecule has 4 aliphatic rings. The monoisotopic (exact) mass is 374 g/mol. The summed E-state index contributed by atoms with van der Waals surface area (Å²) in [6.45, 7) is 0.204. The maximum absolute atomic E-state index is 12.6. The predicted molar refractivity (Wildman–Crippen MR) is 84.2 cm³/mol. The molecule has 2 saturated heterocycles. The second-order valence-electron chi connectivity index (χ2n) is 7.79. The normalized spacial score (nSPS) is 40.0. The lowest BCUT2D eigenvalue weighted by Gasteiger charge is -2.57. The summed E-state index contributed by atoms with van der Waals surface area (Å²) < 4.78 is 34.9. The molecule has 4 N–H and O–H groups in total. The Morgan fingerprint density at radius 2 is 1.96 bits per heavy atom. The molecule has 2 bridgehead atoms. The van der Waals surface area contributed by atoms with E-state index < -0.39 is 28.5 Å². The van der Waals surface area contributed by atoms with Crippen LogP contribution >= 0.6 is 0 Å². The van der Waals surface area contributed by atoms with Crippen molar-refractivity contribution in [3.05, 3.63) is 0 Å². The van der Waals surface area contributed by atoms with Crippen LogP contribution in [0.4, 0.5) is 4.79 Å². The summed E-state index contributed by atoms with van der Waals surface area (Å²) in [6, 6.07) is -1.44. The lowest BCUT2D eigenvalue weighted by atomic mass is 9.52. The van der Waals surface area contributed by atoms with Crippen molar-refractivity contribution >= 4 is 22.3 Å². The number of carbonyl (C=O) groups is 2. The molecule has 11 heteroatoms. The summed E-state index contributed by atoms with van der Waals surface area (Å²) in [5, 5.41) is 3.64. The Balaban J connectivity index is 1.35. The van der Waals surface area contributed by atoms with E-state index in [0.717, 1.165) is 25.7 Å². The minimum Gasteiger partial charge on any atom is -0.352 e. The summed E-state index contributed by atoms with van der Waals surface area (Å²) in [6.07, 6.45) is 4.73. The van der Waals surface area contributed by atoms with Crippen molar-refractivity contribution in [3.8, 4) is 0 Å². The van der Waals surface area contributed by atoms with Gasteiger partial charge in [0.2, 0.25) is 5.91 Å². The highest BCUT2D eigenvalue weighted by atomic mass is 32.3. The number of hydroxylamine groups is 2. The molecule has 0 unspecified atom stereocenters. The fourth-order valence-corrected chi connectivity index (χ4v) is 5.26. The Morgan fingerprint density at radius 3 is 2.56 bits per heavy atom. The molecule has 0 radical (unpaired) electrons. The number of fused-ring (bicyclic) bond motifs is 2. The van der Waals surface area contributed by atoms with Crippen LogP contribution in [0.2, 0.25) is 0 Å². The van der Waals surface area contributed by atoms with E-state index >= 15 is 0 Å². The molecule has 2 saturated carbocycles. The summed E-state index contributed by atoms with van der Waals surface area (Å²) in [7, 11) is -4.78. The number of urea groups is 1. The Morgan fingerprint density at radius 1 is 1.28 bits per heavy atom. The number of nitrogens with zero attached hydrogens (tertiary/aromatic N) is 2. The van der Waals surface area contributed by atoms with Crippen molar-refractivity contribution in [1.29, 1.82) is 0 Å². The molecule has 2 aliphatic heterocycles. The van der Waals surface area contributed by atoms with Gasteiger partial charge in [0.25, 0.3) is 0 Å². The highest BCUT2D eigenvalue weighted by molar-refractivity contribution is 7.80. The van der Waals surface area contributed by atoms with E-state index in [1.807, 2.05) is 0 Å². The number of hydrogen-bond donors (Lipinski definition) is 3. The number of hydrogen-bond acceptors (Lipinski definition) is 6. The van der Waals surface area contributed by atoms with Gasteiger partial charge in [-0.2, -0.15) is 13.5 Å². The van der Waals surface area contributed by atoms with E-state index in [1.54, 1.807) is 0 Å². The van der Waals surface area contributed by atoms with Crippen molar-refractivity contribution in [2.24, 2.45) is 11.1 Å². The predicted octanol–water partition coefficient (Wildman–Crippen LogP) is -0.624. The van der Waals surface area contributed by atoms with Gasteiger partial charge in [-0.1, -0.05) is 0 Å². The largest absolute Gasteiger partial charge is 0.418 e. The van der Waals surface area contributed by atoms with Gasteiger partial charge in [-0.05, 0) is 43.9 Å². The Kier molecular flexibility index (Phi) is 3.76. The summed E-state index contributed by atoms with van der Waals surface area (Å²) >= 11 is 0. The Labute approximate surface area is 145 Å². The molecule has 2 heterocycles. The highest BCUT2D eigenvalue weighted by Gasteiger charge is 2.53. The molecular weight excluding hydrogens is 352 g/mol. The quantitative estimate of drug-likeness (QED) is 0.556. The maximum Gasteiger partial charge on any atom is 0.418 e. The molecule has 25 heavy (non-hydrogen) atoms. The molecule has 140 valence electrons. The summed E-state index contributed by atoms with van der Waals surface area (Å²) in [5.74, 6) is -0.219. The minimum absolute atomic E-state index is 0.112. The molecule has 2 aliphatic carbocycles. The standard InChI is InChI=1S/C14H22N4O6S/c15-8-3-14(4-8)5-9(6-14)16-12(19)11-2-1-10-7-17(11)13(20)18(10)24-25(21,22)23/h8-11H,1-7,15H2,(H,16,19)(H,21,22,23)/t8?,9?,10-,11+,14?/m1/s1. The number of amides is 3. The maximum atomic E-state index is 12.6. The van der Waals surface area contributed by atoms with Gasteiger partial charge < -0.3 is 16.0 Å². The van der Waals surface area contributed by atoms with Gasteiger partial charge in [0.15, 0.2) is 0 Å². The van der Waals surface area contributed by atoms with Crippen LogP contribution in [-0.2, 0) is 19.5 Å². The Hall–Kier alpha value is -1.43. The third-order valence-electron chi connectivity index (χ3n) is 5.90. The van der Waals surface area contributed by atoms with Gasteiger partial charge in [0.05, 0.1) is 6.04 Å². The summed E-state index contributed by atoms with van der Waals surface area (Å²) in [4.78, 5) is 26.2. The highest BCUT2D eigenvalue weighted by Crippen LogP contribution is 2.55. The van der Waals surface area contributed by atoms with Crippen LogP contribution in [0.25, 0.3) is 0 Å². The lowest BCUT2D eigenvalue weighted by molar-refractivity contribution is -0.129. The first-order valence-electron chi connectivity index (χ1n) is 8.49. The van der Waals surface area contributed by atoms with Crippen molar-refractivity contribution in [2.45, 2.75) is 62.7 Å². The van der Waals surface area contributed by atoms with Crippen molar-refractivity contribution < 1.29 is 26.8 Å². The minimum atomic E-state index is -4.78. The van der Waals surface area contributed by atoms with E-state index in [2.05, 4.69) is 9.60 Å². The van der Waals surface area contributed by atoms with Gasteiger partial charge in [-0.25, -0.2) is 4.79 Å². The average Bonchev–Trinajstić information content (AvgIpc) is 2.67. The third-order valence-corrected chi connectivity index (χ3v) is 6.24. The van der Waals surface area contributed by atoms with E-state index in [1.165, 1.54) is 4.90 Å². The van der Waals surface area contributed by atoms with Crippen LogP contribution in [0.5, 0.6) is 0 Å². The Bertz CT molecular complexity index is 698. The molecule has 1 spiro atoms. The molecule has 0 aromatic carbocycles. The smallest absolute Gasteiger partial charge is 0.352 e. The lowest BCUT2D eigenvalue weighted by Crippen LogP contribution is -2.61. The zero-order valence-electron chi connectivity index (χ0n) is 13.6. The van der Waals surface area contributed by atoms with Gasteiger partial charge in [0.1, 0.15) is 6.04 Å². The van der Waals surface area contributed by atoms with Crippen LogP contribution in [0.1, 0.15) is 38.5 Å². The molecule has 10 nitrogen and oxygen atoms in total. The number of nitrogens with two attached hydrogens (primary N) is 1. The molecule has 2 atom stereocenters. The van der Waals surface area contributed by atoms with Crippen LogP contribution in [0.15, 0.2) is 0 Å². The fourth-order valence-electron chi connectivity index (χ4n) is 4.88. The third kappa shape index (κ3) is 2.98. The van der Waals surface area contributed by atoms with Crippen LogP contribution in [-0.4, -0.2) is 65.6 Å². The van der Waals surface area contributed by atoms with Crippen LogP contribution < -0.4 is 11.1 Å². The molecule has 4 fully saturated rings. The molecule has 0 aromatic heterocycles. The molecule has 4 rings (SSSR count). The van der Waals surface area contributed by atoms with Gasteiger partial charge in [-0.15, -0.1) is 4.28 Å². The number of piperidine rings is 1. The van der Waals surface area contributed by atoms with Gasteiger partial charge >= 0.3 is 16.4 Å². The number of carbonyl (C=O) groups excluding carboxylic acids is 2. The van der Waals surface area contributed by atoms with Crippen molar-refractivity contribution in [1.82, 2.24) is 15.3 Å². The first kappa shape index (κ1) is 17.0. The van der Waals surface area contributed by atoms with E-state index in [0.29, 0.717) is 23.3 Å². The second-order valence-corrected chi connectivity index (χ2v) is 8.80. The fraction of sp³-hybridized carbons (Fsp3) is 0.857. The van der Waals surface area contributed by atoms with E-state index in [9.17, 15) is 18.0 Å². The molecule has 0 aromatic rings. The van der Waals surface area contributed by atoms with Gasteiger partial charge in [0, 0.05) is 18.6 Å². The van der Waals surface area contributed by atoms with E-state index in [-0.39, 0.29) is 24.5 Å². The SMILES string of the molecule is NC1CC2(C1)CC(NC(=O)[C@@H]1CC[C@@H]3CN1C(=O)N3OS(=O)(=O)O)C2. The van der Waals surface area contributed by atoms with Crippen molar-refractivity contribution in [2.75, 3.05) is 6.54 Å². The van der Waals surface area contributed by atoms with Crippen molar-refractivity contribution in [3.63, 3.8) is 0 Å². The topological polar surface area (TPSA) is 142 Å². The zero-order chi connectivity index (χ0) is 18.0. The summed E-state index contributed by atoms with van der Waals surface area (Å²) in [5.41, 5.74) is 6.14. The number of rotatable bonds is 4. The van der Waals surface area contributed by atoms with Gasteiger partial charge in [-0.3, -0.25) is 9.35 Å². The first-order chi connectivity index (χ1) is 11.7. The van der Waals surface area contributed by atoms with Crippen LogP contribution in [0, 0.1) is 5.41 Å².